The van der Waals surface area contributed by atoms with Crippen molar-refractivity contribution in [2.45, 2.75) is 18.7 Å². The van der Waals surface area contributed by atoms with Crippen LogP contribution in [0.1, 0.15) is 11.1 Å². The SMILES string of the molecule is Cc1ccc(S(=O)(=O)Nc2cccc(-c3cn4ccccc4n3)c2)cc1C. The van der Waals surface area contributed by atoms with Gasteiger partial charge in [0, 0.05) is 23.6 Å². The van der Waals surface area contributed by atoms with Gasteiger partial charge in [-0.05, 0) is 61.4 Å². The van der Waals surface area contributed by atoms with Crippen molar-refractivity contribution in [2.75, 3.05) is 4.72 Å². The quantitative estimate of drug-likeness (QED) is 0.573. The van der Waals surface area contributed by atoms with Gasteiger partial charge in [0.05, 0.1) is 10.6 Å². The van der Waals surface area contributed by atoms with Gasteiger partial charge in [-0.3, -0.25) is 4.72 Å². The second-order valence-electron chi connectivity index (χ2n) is 6.52. The molecule has 5 nitrogen and oxygen atoms in total. The third-order valence-electron chi connectivity index (χ3n) is 4.56. The van der Waals surface area contributed by atoms with Crippen LogP contribution < -0.4 is 4.72 Å². The highest BCUT2D eigenvalue weighted by atomic mass is 32.2. The van der Waals surface area contributed by atoms with Gasteiger partial charge in [-0.2, -0.15) is 0 Å². The van der Waals surface area contributed by atoms with Crippen LogP contribution in [0.5, 0.6) is 0 Å². The number of nitrogens with zero attached hydrogens (tertiary/aromatic N) is 2. The van der Waals surface area contributed by atoms with E-state index in [1.54, 1.807) is 24.3 Å². The van der Waals surface area contributed by atoms with Crippen LogP contribution in [0, 0.1) is 13.8 Å². The summed E-state index contributed by atoms with van der Waals surface area (Å²) < 4.78 is 30.0. The number of sulfonamides is 1. The number of benzene rings is 2. The average molecular weight is 377 g/mol. The van der Waals surface area contributed by atoms with Gasteiger partial charge in [-0.1, -0.05) is 24.3 Å². The lowest BCUT2D eigenvalue weighted by atomic mass is 10.1. The normalized spacial score (nSPS) is 11.6. The molecule has 0 aliphatic carbocycles. The number of fused-ring (bicyclic) bond motifs is 1. The van der Waals surface area contributed by atoms with Crippen molar-refractivity contribution in [3.05, 3.63) is 84.2 Å². The van der Waals surface area contributed by atoms with Gasteiger partial charge in [0.2, 0.25) is 0 Å². The molecule has 0 radical (unpaired) electrons. The number of anilines is 1. The van der Waals surface area contributed by atoms with Crippen molar-refractivity contribution >= 4 is 21.4 Å². The van der Waals surface area contributed by atoms with Crippen molar-refractivity contribution in [3.63, 3.8) is 0 Å². The molecular formula is C21H19N3O2S. The van der Waals surface area contributed by atoms with Gasteiger partial charge in [0.25, 0.3) is 10.0 Å². The molecule has 0 spiro atoms. The van der Waals surface area contributed by atoms with Crippen molar-refractivity contribution in [3.8, 4) is 11.3 Å². The van der Waals surface area contributed by atoms with Crippen LogP contribution in [0.15, 0.2) is 78.0 Å². The molecule has 0 aliphatic heterocycles. The van der Waals surface area contributed by atoms with Gasteiger partial charge >= 0.3 is 0 Å². The first-order chi connectivity index (χ1) is 12.9. The van der Waals surface area contributed by atoms with E-state index in [0.717, 1.165) is 28.0 Å². The highest BCUT2D eigenvalue weighted by molar-refractivity contribution is 7.92. The minimum Gasteiger partial charge on any atom is -0.306 e. The number of hydrogen-bond acceptors (Lipinski definition) is 3. The maximum atomic E-state index is 12.7. The molecule has 0 unspecified atom stereocenters. The van der Waals surface area contributed by atoms with Crippen molar-refractivity contribution in [2.24, 2.45) is 0 Å². The summed E-state index contributed by atoms with van der Waals surface area (Å²) in [5.74, 6) is 0. The molecule has 0 amide bonds. The van der Waals surface area contributed by atoms with Crippen LogP contribution in [0.25, 0.3) is 16.9 Å². The number of aromatic nitrogens is 2. The molecule has 0 bridgehead atoms. The fraction of sp³-hybridized carbons (Fsp3) is 0.0952. The smallest absolute Gasteiger partial charge is 0.261 e. The fourth-order valence-electron chi connectivity index (χ4n) is 2.91. The lowest BCUT2D eigenvalue weighted by molar-refractivity contribution is 0.601. The monoisotopic (exact) mass is 377 g/mol. The number of imidazole rings is 1. The lowest BCUT2D eigenvalue weighted by Gasteiger charge is -2.10. The van der Waals surface area contributed by atoms with E-state index in [1.165, 1.54) is 0 Å². The van der Waals surface area contributed by atoms with Gasteiger partial charge in [-0.15, -0.1) is 0 Å². The summed E-state index contributed by atoms with van der Waals surface area (Å²) in [5.41, 5.74) is 4.97. The zero-order chi connectivity index (χ0) is 19.0. The first kappa shape index (κ1) is 17.3. The molecule has 27 heavy (non-hydrogen) atoms. The van der Waals surface area contributed by atoms with Gasteiger partial charge in [0.15, 0.2) is 0 Å². The minimum atomic E-state index is -3.65. The number of pyridine rings is 1. The summed E-state index contributed by atoms with van der Waals surface area (Å²) >= 11 is 0. The molecule has 0 atom stereocenters. The maximum absolute atomic E-state index is 12.7. The minimum absolute atomic E-state index is 0.253. The Balaban J connectivity index is 1.67. The molecule has 0 saturated carbocycles. The van der Waals surface area contributed by atoms with E-state index in [1.807, 2.05) is 67.0 Å². The highest BCUT2D eigenvalue weighted by Gasteiger charge is 2.15. The first-order valence-corrected chi connectivity index (χ1v) is 10.0. The zero-order valence-corrected chi connectivity index (χ0v) is 15.9. The average Bonchev–Trinajstić information content (AvgIpc) is 3.08. The van der Waals surface area contributed by atoms with E-state index in [-0.39, 0.29) is 4.90 Å². The van der Waals surface area contributed by atoms with Gasteiger partial charge in [-0.25, -0.2) is 13.4 Å². The van der Waals surface area contributed by atoms with Crippen LogP contribution in [0.4, 0.5) is 5.69 Å². The summed E-state index contributed by atoms with van der Waals surface area (Å²) in [6, 6.07) is 18.2. The Morgan fingerprint density at radius 3 is 2.56 bits per heavy atom. The van der Waals surface area contributed by atoms with Crippen molar-refractivity contribution in [1.29, 1.82) is 0 Å². The molecule has 2 aromatic carbocycles. The van der Waals surface area contributed by atoms with Crippen LogP contribution in [0.3, 0.4) is 0 Å². The Morgan fingerprint density at radius 2 is 1.78 bits per heavy atom. The summed E-state index contributed by atoms with van der Waals surface area (Å²) in [6.45, 7) is 3.86. The number of nitrogens with one attached hydrogen (secondary N) is 1. The van der Waals surface area contributed by atoms with E-state index in [4.69, 9.17) is 0 Å². The summed E-state index contributed by atoms with van der Waals surface area (Å²) in [4.78, 5) is 4.84. The zero-order valence-electron chi connectivity index (χ0n) is 15.0. The molecule has 6 heteroatoms. The van der Waals surface area contributed by atoms with Crippen LogP contribution in [0.2, 0.25) is 0 Å². The van der Waals surface area contributed by atoms with E-state index in [9.17, 15) is 8.42 Å². The predicted molar refractivity (Wildman–Crippen MR) is 107 cm³/mol. The van der Waals surface area contributed by atoms with E-state index < -0.39 is 10.0 Å². The molecule has 2 aromatic heterocycles. The Hall–Kier alpha value is -3.12. The lowest BCUT2D eigenvalue weighted by Crippen LogP contribution is -2.13. The Kier molecular flexibility index (Phi) is 4.20. The van der Waals surface area contributed by atoms with Gasteiger partial charge < -0.3 is 4.40 Å². The molecule has 0 saturated heterocycles. The van der Waals surface area contributed by atoms with Crippen LogP contribution >= 0.6 is 0 Å². The molecule has 4 rings (SSSR count). The molecule has 4 aromatic rings. The number of aryl methyl sites for hydroxylation is 2. The molecule has 1 N–H and O–H groups in total. The van der Waals surface area contributed by atoms with E-state index in [0.29, 0.717) is 5.69 Å². The Bertz CT molecular complexity index is 1210. The molecule has 2 heterocycles. The Labute approximate surface area is 158 Å². The topological polar surface area (TPSA) is 63.5 Å². The first-order valence-electron chi connectivity index (χ1n) is 8.57. The summed E-state index contributed by atoms with van der Waals surface area (Å²) in [6.07, 6.45) is 3.85. The van der Waals surface area contributed by atoms with Crippen LogP contribution in [-0.4, -0.2) is 17.8 Å². The standard InChI is InChI=1S/C21H19N3O2S/c1-15-9-10-19(12-16(15)2)27(25,26)23-18-7-5-6-17(13-18)20-14-24-11-4-3-8-21(24)22-20/h3-14,23H,1-2H3. The Morgan fingerprint density at radius 1 is 0.926 bits per heavy atom. The van der Waals surface area contributed by atoms with Crippen molar-refractivity contribution in [1.82, 2.24) is 9.38 Å². The van der Waals surface area contributed by atoms with E-state index in [2.05, 4.69) is 9.71 Å². The summed E-state index contributed by atoms with van der Waals surface area (Å²) in [5, 5.41) is 0. The van der Waals surface area contributed by atoms with Crippen molar-refractivity contribution < 1.29 is 8.42 Å². The van der Waals surface area contributed by atoms with E-state index >= 15 is 0 Å². The van der Waals surface area contributed by atoms with Crippen LogP contribution in [-0.2, 0) is 10.0 Å². The highest BCUT2D eigenvalue weighted by Crippen LogP contribution is 2.24. The predicted octanol–water partition coefficient (Wildman–Crippen LogP) is 4.42. The second-order valence-corrected chi connectivity index (χ2v) is 8.21. The fourth-order valence-corrected chi connectivity index (χ4v) is 4.05. The molecule has 0 aliphatic rings. The van der Waals surface area contributed by atoms with Gasteiger partial charge in [0.1, 0.15) is 5.65 Å². The third kappa shape index (κ3) is 3.44. The third-order valence-corrected chi connectivity index (χ3v) is 5.94. The number of hydrogen-bond donors (Lipinski definition) is 1. The maximum Gasteiger partial charge on any atom is 0.261 e. The molecular weight excluding hydrogens is 358 g/mol. The number of rotatable bonds is 4. The largest absolute Gasteiger partial charge is 0.306 e. The summed E-state index contributed by atoms with van der Waals surface area (Å²) in [7, 11) is -3.65. The second kappa shape index (κ2) is 6.55. The molecule has 0 fully saturated rings. The molecule has 136 valence electrons.